The fourth-order valence-electron chi connectivity index (χ4n) is 1.37. The Morgan fingerprint density at radius 3 is 2.29 bits per heavy atom. The smallest absolute Gasteiger partial charge is 0.0445 e. The average molecular weight is 232 g/mol. The molecule has 0 bridgehead atoms. The van der Waals surface area contributed by atoms with Gasteiger partial charge in [-0.1, -0.05) is 37.3 Å². The van der Waals surface area contributed by atoms with E-state index in [1.54, 1.807) is 0 Å². The molecular formula is C11H18ClNS. The first-order valence-electron chi connectivity index (χ1n) is 4.67. The molecule has 0 fully saturated rings. The third kappa shape index (κ3) is 3.91. The van der Waals surface area contributed by atoms with Crippen LogP contribution in [0.2, 0.25) is 0 Å². The molecular weight excluding hydrogens is 214 g/mol. The molecule has 1 aromatic rings. The minimum absolute atomic E-state index is 0. The third-order valence-corrected chi connectivity index (χ3v) is 3.35. The highest BCUT2D eigenvalue weighted by Crippen LogP contribution is 2.30. The molecule has 14 heavy (non-hydrogen) atoms. The third-order valence-electron chi connectivity index (χ3n) is 1.95. The largest absolute Gasteiger partial charge is 0.327 e. The Balaban J connectivity index is 0.00000169. The number of rotatable bonds is 4. The number of thioether (sulfide) groups is 1. The van der Waals surface area contributed by atoms with Crippen LogP contribution in [0.5, 0.6) is 0 Å². The molecule has 0 spiro atoms. The number of halogens is 1. The first-order chi connectivity index (χ1) is 6.25. The lowest BCUT2D eigenvalue weighted by Gasteiger charge is -2.19. The maximum absolute atomic E-state index is 5.93. The first kappa shape index (κ1) is 13.8. The van der Waals surface area contributed by atoms with E-state index in [-0.39, 0.29) is 18.4 Å². The van der Waals surface area contributed by atoms with Crippen LogP contribution in [0.15, 0.2) is 30.3 Å². The van der Waals surface area contributed by atoms with Gasteiger partial charge in [-0.25, -0.2) is 0 Å². The van der Waals surface area contributed by atoms with E-state index in [1.165, 1.54) is 5.56 Å². The molecule has 2 unspecified atom stereocenters. The van der Waals surface area contributed by atoms with Crippen LogP contribution in [0.1, 0.15) is 24.7 Å². The summed E-state index contributed by atoms with van der Waals surface area (Å²) in [5, 5.41) is 0.436. The van der Waals surface area contributed by atoms with Crippen molar-refractivity contribution in [1.82, 2.24) is 0 Å². The van der Waals surface area contributed by atoms with Crippen LogP contribution in [0, 0.1) is 0 Å². The molecule has 0 aliphatic heterocycles. The first-order valence-corrected chi connectivity index (χ1v) is 5.72. The van der Waals surface area contributed by atoms with Gasteiger partial charge in [-0.3, -0.25) is 0 Å². The van der Waals surface area contributed by atoms with Crippen LogP contribution in [0.25, 0.3) is 0 Å². The predicted molar refractivity (Wildman–Crippen MR) is 68.2 cm³/mol. The lowest BCUT2D eigenvalue weighted by atomic mass is 10.1. The standard InChI is InChI=1S/C11H17NS.ClH/c1-3-13-11(9(2)12)10-7-5-4-6-8-10;/h4-9,11H,3,12H2,1-2H3;1H. The molecule has 1 rings (SSSR count). The molecule has 2 atom stereocenters. The maximum Gasteiger partial charge on any atom is 0.0445 e. The lowest BCUT2D eigenvalue weighted by Crippen LogP contribution is -2.22. The number of nitrogens with two attached hydrogens (primary N) is 1. The second-order valence-electron chi connectivity index (χ2n) is 3.15. The van der Waals surface area contributed by atoms with Crippen molar-refractivity contribution in [2.24, 2.45) is 5.73 Å². The molecule has 0 heterocycles. The normalized spacial score (nSPS) is 14.2. The van der Waals surface area contributed by atoms with Crippen LogP contribution in [-0.4, -0.2) is 11.8 Å². The number of hydrogen-bond donors (Lipinski definition) is 1. The summed E-state index contributed by atoms with van der Waals surface area (Å²) in [7, 11) is 0. The van der Waals surface area contributed by atoms with E-state index >= 15 is 0 Å². The molecule has 2 N–H and O–H groups in total. The van der Waals surface area contributed by atoms with Gasteiger partial charge in [-0.15, -0.1) is 12.4 Å². The van der Waals surface area contributed by atoms with Crippen LogP contribution < -0.4 is 5.73 Å². The van der Waals surface area contributed by atoms with Gasteiger partial charge in [-0.2, -0.15) is 11.8 Å². The van der Waals surface area contributed by atoms with Crippen molar-refractivity contribution in [1.29, 1.82) is 0 Å². The van der Waals surface area contributed by atoms with E-state index in [2.05, 4.69) is 38.1 Å². The monoisotopic (exact) mass is 231 g/mol. The van der Waals surface area contributed by atoms with E-state index in [1.807, 2.05) is 17.8 Å². The minimum atomic E-state index is 0. The SMILES string of the molecule is CCSC(c1ccccc1)C(C)N.Cl. The summed E-state index contributed by atoms with van der Waals surface area (Å²) in [6.45, 7) is 4.24. The minimum Gasteiger partial charge on any atom is -0.327 e. The van der Waals surface area contributed by atoms with E-state index in [0.29, 0.717) is 5.25 Å². The zero-order valence-corrected chi connectivity index (χ0v) is 10.3. The predicted octanol–water partition coefficient (Wildman–Crippen LogP) is 3.25. The van der Waals surface area contributed by atoms with Crippen molar-refractivity contribution in [3.05, 3.63) is 35.9 Å². The van der Waals surface area contributed by atoms with Crippen LogP contribution >= 0.6 is 24.2 Å². The second kappa shape index (κ2) is 7.16. The fourth-order valence-corrected chi connectivity index (χ4v) is 2.39. The lowest BCUT2D eigenvalue weighted by molar-refractivity contribution is 0.721. The number of hydrogen-bond acceptors (Lipinski definition) is 2. The van der Waals surface area contributed by atoms with Crippen molar-refractivity contribution < 1.29 is 0 Å². The van der Waals surface area contributed by atoms with Gasteiger partial charge < -0.3 is 5.73 Å². The Kier molecular flexibility index (Phi) is 7.06. The molecule has 0 aromatic heterocycles. The summed E-state index contributed by atoms with van der Waals surface area (Å²) in [5.41, 5.74) is 7.27. The van der Waals surface area contributed by atoms with Gasteiger partial charge in [0.05, 0.1) is 0 Å². The summed E-state index contributed by atoms with van der Waals surface area (Å²) >= 11 is 1.91. The fraction of sp³-hybridized carbons (Fsp3) is 0.455. The van der Waals surface area contributed by atoms with Crippen molar-refractivity contribution in [3.63, 3.8) is 0 Å². The molecule has 1 aromatic carbocycles. The van der Waals surface area contributed by atoms with E-state index < -0.39 is 0 Å². The van der Waals surface area contributed by atoms with Gasteiger partial charge in [0.15, 0.2) is 0 Å². The van der Waals surface area contributed by atoms with E-state index in [4.69, 9.17) is 5.73 Å². The molecule has 0 radical (unpaired) electrons. The molecule has 1 nitrogen and oxygen atoms in total. The Morgan fingerprint density at radius 2 is 1.86 bits per heavy atom. The Morgan fingerprint density at radius 1 is 1.29 bits per heavy atom. The van der Waals surface area contributed by atoms with Gasteiger partial charge in [0.25, 0.3) is 0 Å². The van der Waals surface area contributed by atoms with Gasteiger partial charge in [0.2, 0.25) is 0 Å². The van der Waals surface area contributed by atoms with Crippen molar-refractivity contribution in [2.75, 3.05) is 5.75 Å². The van der Waals surface area contributed by atoms with Gasteiger partial charge in [0, 0.05) is 11.3 Å². The quantitative estimate of drug-likeness (QED) is 0.861. The highest BCUT2D eigenvalue weighted by atomic mass is 35.5. The van der Waals surface area contributed by atoms with Crippen molar-refractivity contribution >= 4 is 24.2 Å². The average Bonchev–Trinajstić information content (AvgIpc) is 2.15. The maximum atomic E-state index is 5.93. The summed E-state index contributed by atoms with van der Waals surface area (Å²) in [6.07, 6.45) is 0. The van der Waals surface area contributed by atoms with Gasteiger partial charge in [0.1, 0.15) is 0 Å². The molecule has 3 heteroatoms. The van der Waals surface area contributed by atoms with Crippen molar-refractivity contribution in [3.8, 4) is 0 Å². The second-order valence-corrected chi connectivity index (χ2v) is 4.56. The van der Waals surface area contributed by atoms with Gasteiger partial charge >= 0.3 is 0 Å². The summed E-state index contributed by atoms with van der Waals surface area (Å²) in [6, 6.07) is 10.7. The van der Waals surface area contributed by atoms with Crippen molar-refractivity contribution in [2.45, 2.75) is 25.1 Å². The number of benzene rings is 1. The summed E-state index contributed by atoms with van der Waals surface area (Å²) < 4.78 is 0. The van der Waals surface area contributed by atoms with Gasteiger partial charge in [-0.05, 0) is 18.2 Å². The van der Waals surface area contributed by atoms with E-state index in [0.717, 1.165) is 5.75 Å². The highest BCUT2D eigenvalue weighted by molar-refractivity contribution is 7.99. The van der Waals surface area contributed by atoms with Crippen LogP contribution in [0.4, 0.5) is 0 Å². The molecule has 0 aliphatic carbocycles. The van der Waals surface area contributed by atoms with Crippen LogP contribution in [0.3, 0.4) is 0 Å². The summed E-state index contributed by atoms with van der Waals surface area (Å²) in [4.78, 5) is 0. The zero-order chi connectivity index (χ0) is 9.68. The molecule has 0 amide bonds. The molecule has 80 valence electrons. The Hall–Kier alpha value is -0.180. The summed E-state index contributed by atoms with van der Waals surface area (Å²) in [5.74, 6) is 1.11. The Bertz CT molecular complexity index is 238. The molecule has 0 saturated heterocycles. The Labute approximate surface area is 96.9 Å². The highest BCUT2D eigenvalue weighted by Gasteiger charge is 2.14. The molecule has 0 saturated carbocycles. The van der Waals surface area contributed by atoms with E-state index in [9.17, 15) is 0 Å². The topological polar surface area (TPSA) is 26.0 Å². The zero-order valence-electron chi connectivity index (χ0n) is 8.64. The molecule has 0 aliphatic rings. The van der Waals surface area contributed by atoms with Crippen LogP contribution in [-0.2, 0) is 0 Å².